The van der Waals surface area contributed by atoms with Crippen molar-refractivity contribution in [2.75, 3.05) is 0 Å². The predicted octanol–water partition coefficient (Wildman–Crippen LogP) is 2.69. The van der Waals surface area contributed by atoms with Crippen molar-refractivity contribution in [3.05, 3.63) is 45.9 Å². The van der Waals surface area contributed by atoms with Crippen molar-refractivity contribution in [1.29, 1.82) is 0 Å². The molecule has 0 atom stereocenters. The molecular formula is C12H11N5O3S. The second-order valence-electron chi connectivity index (χ2n) is 4.86. The summed E-state index contributed by atoms with van der Waals surface area (Å²) in [4.78, 5) is 15.5. The second kappa shape index (κ2) is 4.77. The lowest BCUT2D eigenvalue weighted by Crippen LogP contribution is -2.28. The topological polar surface area (TPSA) is 99.9 Å². The standard InChI is InChI=1S/C12H11N5O3S/c1-12(2,16-7-8(6-13-16)17(18)19)11-14-10(15-20-11)9-4-3-5-21-9/h3-7H,1-2H3. The lowest BCUT2D eigenvalue weighted by molar-refractivity contribution is -0.385. The first-order valence-corrected chi connectivity index (χ1v) is 6.94. The van der Waals surface area contributed by atoms with E-state index >= 15 is 0 Å². The van der Waals surface area contributed by atoms with Crippen molar-refractivity contribution in [3.8, 4) is 10.7 Å². The first-order chi connectivity index (χ1) is 9.98. The van der Waals surface area contributed by atoms with Gasteiger partial charge in [-0.1, -0.05) is 11.2 Å². The Hall–Kier alpha value is -2.55. The molecule has 9 heteroatoms. The van der Waals surface area contributed by atoms with Gasteiger partial charge < -0.3 is 4.52 Å². The van der Waals surface area contributed by atoms with Gasteiger partial charge in [0.25, 0.3) is 5.89 Å². The van der Waals surface area contributed by atoms with E-state index in [1.165, 1.54) is 28.4 Å². The molecule has 0 unspecified atom stereocenters. The summed E-state index contributed by atoms with van der Waals surface area (Å²) >= 11 is 1.51. The summed E-state index contributed by atoms with van der Waals surface area (Å²) in [5, 5.41) is 20.6. The minimum atomic E-state index is -0.781. The Morgan fingerprint density at radius 2 is 2.29 bits per heavy atom. The van der Waals surface area contributed by atoms with E-state index in [2.05, 4.69) is 15.2 Å². The van der Waals surface area contributed by atoms with Gasteiger partial charge in [0.05, 0.1) is 9.80 Å². The molecule has 0 saturated heterocycles. The van der Waals surface area contributed by atoms with Crippen molar-refractivity contribution < 1.29 is 9.45 Å². The molecule has 0 saturated carbocycles. The lowest BCUT2D eigenvalue weighted by Gasteiger charge is -2.19. The third kappa shape index (κ3) is 2.31. The molecular weight excluding hydrogens is 294 g/mol. The Morgan fingerprint density at radius 1 is 1.48 bits per heavy atom. The predicted molar refractivity (Wildman–Crippen MR) is 74.9 cm³/mol. The Labute approximate surface area is 123 Å². The first-order valence-electron chi connectivity index (χ1n) is 6.06. The average molecular weight is 305 g/mol. The van der Waals surface area contributed by atoms with Crippen LogP contribution in [0.5, 0.6) is 0 Å². The van der Waals surface area contributed by atoms with E-state index in [1.807, 2.05) is 17.5 Å². The monoisotopic (exact) mass is 305 g/mol. The Bertz CT molecular complexity index is 775. The largest absolute Gasteiger partial charge is 0.336 e. The quantitative estimate of drug-likeness (QED) is 0.542. The molecule has 3 heterocycles. The summed E-state index contributed by atoms with van der Waals surface area (Å²) in [5.74, 6) is 0.832. The highest BCUT2D eigenvalue weighted by molar-refractivity contribution is 7.13. The van der Waals surface area contributed by atoms with Crippen LogP contribution in [0.15, 0.2) is 34.4 Å². The molecule has 3 aromatic heterocycles. The fourth-order valence-corrected chi connectivity index (χ4v) is 2.44. The maximum atomic E-state index is 10.7. The molecule has 0 spiro atoms. The van der Waals surface area contributed by atoms with Crippen molar-refractivity contribution in [2.45, 2.75) is 19.4 Å². The van der Waals surface area contributed by atoms with Gasteiger partial charge in [-0.3, -0.25) is 14.8 Å². The molecule has 3 aromatic rings. The number of aromatic nitrogens is 4. The van der Waals surface area contributed by atoms with E-state index in [9.17, 15) is 10.1 Å². The number of hydrogen-bond donors (Lipinski definition) is 0. The van der Waals surface area contributed by atoms with E-state index in [0.717, 1.165) is 4.88 Å². The summed E-state index contributed by atoms with van der Waals surface area (Å²) in [6, 6.07) is 3.79. The summed E-state index contributed by atoms with van der Waals surface area (Å²) in [6.45, 7) is 3.60. The van der Waals surface area contributed by atoms with Crippen LogP contribution in [0.25, 0.3) is 10.7 Å². The zero-order chi connectivity index (χ0) is 15.0. The minimum absolute atomic E-state index is 0.0823. The van der Waals surface area contributed by atoms with Crippen LogP contribution < -0.4 is 0 Å². The van der Waals surface area contributed by atoms with Crippen LogP contribution >= 0.6 is 11.3 Å². The zero-order valence-electron chi connectivity index (χ0n) is 11.3. The molecule has 0 aliphatic carbocycles. The molecule has 108 valence electrons. The van der Waals surface area contributed by atoms with Gasteiger partial charge in [-0.2, -0.15) is 10.1 Å². The van der Waals surface area contributed by atoms with E-state index in [4.69, 9.17) is 4.52 Å². The van der Waals surface area contributed by atoms with Gasteiger partial charge in [0.2, 0.25) is 5.82 Å². The summed E-state index contributed by atoms with van der Waals surface area (Å²) in [6.07, 6.45) is 2.54. The highest BCUT2D eigenvalue weighted by Gasteiger charge is 2.32. The molecule has 0 bridgehead atoms. The zero-order valence-corrected chi connectivity index (χ0v) is 12.1. The van der Waals surface area contributed by atoms with E-state index in [1.54, 1.807) is 13.8 Å². The lowest BCUT2D eigenvalue weighted by atomic mass is 10.1. The molecule has 0 fully saturated rings. The maximum Gasteiger partial charge on any atom is 0.307 e. The maximum absolute atomic E-state index is 10.7. The van der Waals surface area contributed by atoms with Crippen LogP contribution in [-0.2, 0) is 5.54 Å². The fourth-order valence-electron chi connectivity index (χ4n) is 1.79. The smallest absolute Gasteiger partial charge is 0.307 e. The number of nitrogens with zero attached hydrogens (tertiary/aromatic N) is 5. The number of hydrogen-bond acceptors (Lipinski definition) is 7. The van der Waals surface area contributed by atoms with Gasteiger partial charge in [-0.05, 0) is 25.3 Å². The van der Waals surface area contributed by atoms with Gasteiger partial charge in [0.1, 0.15) is 17.9 Å². The molecule has 0 aliphatic rings. The molecule has 0 aliphatic heterocycles. The third-order valence-corrected chi connectivity index (χ3v) is 3.91. The van der Waals surface area contributed by atoms with Gasteiger partial charge in [-0.15, -0.1) is 11.3 Å². The summed E-state index contributed by atoms with van der Waals surface area (Å²) in [7, 11) is 0. The Kier molecular flexibility index (Phi) is 3.05. The average Bonchev–Trinajstić information content (AvgIpc) is 3.19. The Balaban J connectivity index is 1.95. The SMILES string of the molecule is CC(C)(c1nc(-c2cccs2)no1)n1cc([N+](=O)[O-])cn1. The van der Waals surface area contributed by atoms with Crippen molar-refractivity contribution in [2.24, 2.45) is 0 Å². The van der Waals surface area contributed by atoms with Crippen LogP contribution in [-0.4, -0.2) is 24.8 Å². The molecule has 8 nitrogen and oxygen atoms in total. The van der Waals surface area contributed by atoms with E-state index in [-0.39, 0.29) is 5.69 Å². The number of thiophene rings is 1. The van der Waals surface area contributed by atoms with Gasteiger partial charge in [0.15, 0.2) is 0 Å². The number of nitro groups is 1. The molecule has 3 rings (SSSR count). The Morgan fingerprint density at radius 3 is 2.90 bits per heavy atom. The third-order valence-electron chi connectivity index (χ3n) is 3.04. The van der Waals surface area contributed by atoms with Crippen LogP contribution in [0.1, 0.15) is 19.7 Å². The van der Waals surface area contributed by atoms with E-state index in [0.29, 0.717) is 11.7 Å². The fraction of sp³-hybridized carbons (Fsp3) is 0.250. The van der Waals surface area contributed by atoms with Crippen LogP contribution in [0.3, 0.4) is 0 Å². The van der Waals surface area contributed by atoms with Crippen molar-refractivity contribution >= 4 is 17.0 Å². The molecule has 0 aromatic carbocycles. The van der Waals surface area contributed by atoms with E-state index < -0.39 is 10.5 Å². The highest BCUT2D eigenvalue weighted by atomic mass is 32.1. The minimum Gasteiger partial charge on any atom is -0.336 e. The van der Waals surface area contributed by atoms with Crippen LogP contribution in [0.2, 0.25) is 0 Å². The number of rotatable bonds is 4. The highest BCUT2D eigenvalue weighted by Crippen LogP contribution is 2.28. The molecule has 0 N–H and O–H groups in total. The van der Waals surface area contributed by atoms with Gasteiger partial charge >= 0.3 is 5.69 Å². The molecule has 21 heavy (non-hydrogen) atoms. The van der Waals surface area contributed by atoms with Crippen molar-refractivity contribution in [1.82, 2.24) is 19.9 Å². The van der Waals surface area contributed by atoms with Gasteiger partial charge in [0, 0.05) is 0 Å². The first kappa shape index (κ1) is 13.4. The normalized spacial score (nSPS) is 11.7. The molecule has 0 radical (unpaired) electrons. The summed E-state index contributed by atoms with van der Waals surface area (Å²) < 4.78 is 6.73. The second-order valence-corrected chi connectivity index (χ2v) is 5.81. The van der Waals surface area contributed by atoms with Crippen LogP contribution in [0.4, 0.5) is 5.69 Å². The van der Waals surface area contributed by atoms with Crippen LogP contribution in [0, 0.1) is 10.1 Å². The van der Waals surface area contributed by atoms with Crippen molar-refractivity contribution in [3.63, 3.8) is 0 Å². The van der Waals surface area contributed by atoms with Gasteiger partial charge in [-0.25, -0.2) is 0 Å². The molecule has 0 amide bonds. The summed E-state index contributed by atoms with van der Waals surface area (Å²) in [5.41, 5.74) is -0.863.